The van der Waals surface area contributed by atoms with Gasteiger partial charge in [0.05, 0.1) is 4.90 Å². The molecule has 0 unspecified atom stereocenters. The van der Waals surface area contributed by atoms with Crippen molar-refractivity contribution < 1.29 is 13.2 Å². The fraction of sp³-hybridized carbons (Fsp3) is 0.316. The van der Waals surface area contributed by atoms with Gasteiger partial charge < -0.3 is 5.32 Å². The molecule has 0 spiro atoms. The van der Waals surface area contributed by atoms with Gasteiger partial charge in [-0.15, -0.1) is 0 Å². The van der Waals surface area contributed by atoms with E-state index in [9.17, 15) is 13.2 Å². The molecule has 0 saturated carbocycles. The lowest BCUT2D eigenvalue weighted by molar-refractivity contribution is 0.0954. The summed E-state index contributed by atoms with van der Waals surface area (Å²) >= 11 is 5.84. The highest BCUT2D eigenvalue weighted by atomic mass is 35.5. The lowest BCUT2D eigenvalue weighted by atomic mass is 10.1. The zero-order valence-electron chi connectivity index (χ0n) is 15.0. The molecule has 2 rings (SSSR count). The normalized spacial score (nSPS) is 12.0. The highest BCUT2D eigenvalue weighted by Gasteiger charge is 2.22. The van der Waals surface area contributed by atoms with Crippen molar-refractivity contribution in [2.24, 2.45) is 0 Å². The van der Waals surface area contributed by atoms with Gasteiger partial charge in [-0.25, -0.2) is 13.1 Å². The van der Waals surface area contributed by atoms with Crippen LogP contribution in [0.2, 0.25) is 5.02 Å². The van der Waals surface area contributed by atoms with E-state index in [4.69, 9.17) is 11.6 Å². The number of hydrogen-bond donors (Lipinski definition) is 2. The van der Waals surface area contributed by atoms with E-state index < -0.39 is 15.6 Å². The van der Waals surface area contributed by atoms with Gasteiger partial charge in [-0.1, -0.05) is 29.8 Å². The Labute approximate surface area is 159 Å². The topological polar surface area (TPSA) is 75.3 Å². The number of rotatable bonds is 6. The van der Waals surface area contributed by atoms with Gasteiger partial charge in [0.1, 0.15) is 0 Å². The minimum atomic E-state index is -3.68. The molecule has 0 bridgehead atoms. The predicted molar refractivity (Wildman–Crippen MR) is 104 cm³/mol. The third-order valence-electron chi connectivity index (χ3n) is 3.46. The molecule has 0 fully saturated rings. The molecule has 0 aliphatic heterocycles. The molecule has 0 atom stereocenters. The number of hydrogen-bond acceptors (Lipinski definition) is 3. The quantitative estimate of drug-likeness (QED) is 0.788. The highest BCUT2D eigenvalue weighted by molar-refractivity contribution is 7.89. The molecule has 0 aliphatic carbocycles. The van der Waals surface area contributed by atoms with Gasteiger partial charge in [0, 0.05) is 22.7 Å². The van der Waals surface area contributed by atoms with Crippen LogP contribution in [-0.4, -0.2) is 26.4 Å². The van der Waals surface area contributed by atoms with E-state index in [0.717, 1.165) is 5.56 Å². The van der Waals surface area contributed by atoms with E-state index in [2.05, 4.69) is 10.0 Å². The number of carbonyl (C=O) groups is 1. The summed E-state index contributed by atoms with van der Waals surface area (Å²) in [7, 11) is -3.68. The molecule has 0 aliphatic rings. The first-order chi connectivity index (χ1) is 12.1. The maximum atomic E-state index is 12.4. The van der Waals surface area contributed by atoms with Crippen LogP contribution < -0.4 is 10.0 Å². The lowest BCUT2D eigenvalue weighted by Gasteiger charge is -2.20. The Kier molecular flexibility index (Phi) is 6.44. The third kappa shape index (κ3) is 6.12. The summed E-state index contributed by atoms with van der Waals surface area (Å²) < 4.78 is 27.4. The maximum Gasteiger partial charge on any atom is 0.251 e. The summed E-state index contributed by atoms with van der Waals surface area (Å²) in [5, 5.41) is 3.47. The molecule has 2 aromatic carbocycles. The van der Waals surface area contributed by atoms with Crippen LogP contribution in [0, 0.1) is 0 Å². The molecule has 26 heavy (non-hydrogen) atoms. The van der Waals surface area contributed by atoms with Crippen LogP contribution in [0.5, 0.6) is 0 Å². The summed E-state index contributed by atoms with van der Waals surface area (Å²) in [6.45, 7) is 5.73. The summed E-state index contributed by atoms with van der Waals surface area (Å²) in [4.78, 5) is 12.4. The zero-order chi connectivity index (χ0) is 19.4. The van der Waals surface area contributed by atoms with Crippen LogP contribution in [0.1, 0.15) is 36.7 Å². The van der Waals surface area contributed by atoms with Crippen molar-refractivity contribution in [2.45, 2.75) is 37.6 Å². The fourth-order valence-corrected chi connectivity index (χ4v) is 3.93. The van der Waals surface area contributed by atoms with Gasteiger partial charge in [0.25, 0.3) is 5.91 Å². The van der Waals surface area contributed by atoms with Crippen molar-refractivity contribution in [2.75, 3.05) is 6.54 Å². The SMILES string of the molecule is CC(C)(C)NS(=O)(=O)c1cccc(C(=O)NCCc2ccc(Cl)cc2)c1. The van der Waals surface area contributed by atoms with Crippen LogP contribution in [0.3, 0.4) is 0 Å². The average Bonchev–Trinajstić information content (AvgIpc) is 2.54. The van der Waals surface area contributed by atoms with E-state index >= 15 is 0 Å². The summed E-state index contributed by atoms with van der Waals surface area (Å²) in [6, 6.07) is 13.4. The maximum absolute atomic E-state index is 12.4. The van der Waals surface area contributed by atoms with Crippen LogP contribution in [0.25, 0.3) is 0 Å². The number of nitrogens with one attached hydrogen (secondary N) is 2. The Morgan fingerprint density at radius 1 is 1.08 bits per heavy atom. The minimum absolute atomic E-state index is 0.0674. The molecule has 2 aromatic rings. The van der Waals surface area contributed by atoms with Crippen molar-refractivity contribution in [3.63, 3.8) is 0 Å². The second-order valence-corrected chi connectivity index (χ2v) is 9.13. The highest BCUT2D eigenvalue weighted by Crippen LogP contribution is 2.15. The molecule has 0 aromatic heterocycles. The Morgan fingerprint density at radius 3 is 2.35 bits per heavy atom. The van der Waals surface area contributed by atoms with Gasteiger partial charge >= 0.3 is 0 Å². The molecule has 0 radical (unpaired) electrons. The van der Waals surface area contributed by atoms with E-state index in [0.29, 0.717) is 23.6 Å². The molecule has 2 N–H and O–H groups in total. The van der Waals surface area contributed by atoms with Crippen molar-refractivity contribution >= 4 is 27.5 Å². The first kappa shape index (κ1) is 20.4. The summed E-state index contributed by atoms with van der Waals surface area (Å²) in [6.07, 6.45) is 0.659. The second kappa shape index (κ2) is 8.20. The smallest absolute Gasteiger partial charge is 0.251 e. The molecular weight excluding hydrogens is 372 g/mol. The molecule has 1 amide bonds. The van der Waals surface area contributed by atoms with Crippen LogP contribution >= 0.6 is 11.6 Å². The Hall–Kier alpha value is -1.89. The van der Waals surface area contributed by atoms with E-state index in [-0.39, 0.29) is 10.8 Å². The molecule has 140 valence electrons. The number of halogens is 1. The number of sulfonamides is 1. The second-order valence-electron chi connectivity index (χ2n) is 7.02. The largest absolute Gasteiger partial charge is 0.352 e. The molecule has 0 heterocycles. The van der Waals surface area contributed by atoms with Gasteiger partial charge in [0.2, 0.25) is 10.0 Å². The molecule has 0 saturated heterocycles. The summed E-state index contributed by atoms with van der Waals surface area (Å²) in [5.74, 6) is -0.313. The van der Waals surface area contributed by atoms with Crippen molar-refractivity contribution in [1.82, 2.24) is 10.0 Å². The molecular formula is C19H23ClN2O3S. The average molecular weight is 395 g/mol. The van der Waals surface area contributed by atoms with Crippen LogP contribution in [-0.2, 0) is 16.4 Å². The van der Waals surface area contributed by atoms with Gasteiger partial charge in [-0.05, 0) is 63.1 Å². The Bertz CT molecular complexity index is 872. The van der Waals surface area contributed by atoms with Gasteiger partial charge in [-0.2, -0.15) is 0 Å². The molecule has 7 heteroatoms. The molecule has 5 nitrogen and oxygen atoms in total. The summed E-state index contributed by atoms with van der Waals surface area (Å²) in [5.41, 5.74) is 0.758. The van der Waals surface area contributed by atoms with Crippen molar-refractivity contribution in [3.05, 3.63) is 64.7 Å². The predicted octanol–water partition coefficient (Wildman–Crippen LogP) is 3.39. The third-order valence-corrected chi connectivity index (χ3v) is 5.47. The van der Waals surface area contributed by atoms with E-state index in [1.54, 1.807) is 45.0 Å². The monoisotopic (exact) mass is 394 g/mol. The van der Waals surface area contributed by atoms with Crippen LogP contribution in [0.4, 0.5) is 0 Å². The minimum Gasteiger partial charge on any atom is -0.352 e. The number of amides is 1. The van der Waals surface area contributed by atoms with Crippen LogP contribution in [0.15, 0.2) is 53.4 Å². The lowest BCUT2D eigenvalue weighted by Crippen LogP contribution is -2.40. The first-order valence-electron chi connectivity index (χ1n) is 8.23. The van der Waals surface area contributed by atoms with E-state index in [1.165, 1.54) is 12.1 Å². The number of carbonyl (C=O) groups excluding carboxylic acids is 1. The Balaban J connectivity index is 2.02. The first-order valence-corrected chi connectivity index (χ1v) is 10.1. The zero-order valence-corrected chi connectivity index (χ0v) is 16.6. The van der Waals surface area contributed by atoms with E-state index in [1.807, 2.05) is 12.1 Å². The van der Waals surface area contributed by atoms with Gasteiger partial charge in [-0.3, -0.25) is 4.79 Å². The standard InChI is InChI=1S/C19H23ClN2O3S/c1-19(2,3)22-26(24,25)17-6-4-5-15(13-17)18(23)21-12-11-14-7-9-16(20)10-8-14/h4-10,13,22H,11-12H2,1-3H3,(H,21,23). The van der Waals surface area contributed by atoms with Gasteiger partial charge in [0.15, 0.2) is 0 Å². The number of benzene rings is 2. The van der Waals surface area contributed by atoms with Crippen molar-refractivity contribution in [3.8, 4) is 0 Å². The van der Waals surface area contributed by atoms with Crippen molar-refractivity contribution in [1.29, 1.82) is 0 Å². The Morgan fingerprint density at radius 2 is 1.73 bits per heavy atom. The fourth-order valence-electron chi connectivity index (χ4n) is 2.34.